The molecule has 21 nitrogen and oxygen atoms in total. The number of nitrogens with zero attached hydrogens (tertiary/aromatic N) is 2. The number of ether oxygens (including phenoxy) is 4. The van der Waals surface area contributed by atoms with Gasteiger partial charge in [-0.1, -0.05) is 105 Å². The number of aromatic carboxylic acids is 1. The van der Waals surface area contributed by atoms with Gasteiger partial charge in [-0.3, -0.25) is 33.6 Å². The maximum absolute atomic E-state index is 14.9. The van der Waals surface area contributed by atoms with Gasteiger partial charge in [0.1, 0.15) is 35.1 Å². The first-order valence-electron chi connectivity index (χ1n) is 30.5. The Bertz CT molecular complexity index is 3090. The normalized spacial score (nSPS) is 19.5. The Kier molecular flexibility index (Phi) is 27.5. The lowest BCUT2D eigenvalue weighted by atomic mass is 9.78. The average Bonchev–Trinajstić information content (AvgIpc) is 2.02. The molecule has 4 aromatic carbocycles. The minimum Gasteiger partial charge on any atom is -0.493 e. The molecule has 4 bridgehead atoms. The number of carbonyl (C=O) groups excluding carboxylic acids is 8. The SMILES string of the molecule is C=Cc1ccc(C(=O)O)cc1.C=Cc1ccc(C(=O)OC(C)(C)C)cc1.CCCC(NC(=O)C1CC2CN1C(=O)[C@H](C1CCC(C(=O)OC(C)(C)C)CC1)NC(=O)Cc1cccc(c1)OCCCO2)C(O)C(=O)NCC(=O)N[C@H](C(=O)N(C)C)c1ccccc1. The van der Waals surface area contributed by atoms with E-state index in [2.05, 4.69) is 34.4 Å². The monoisotopic (exact) mass is 1240 g/mol. The van der Waals surface area contributed by atoms with Crippen LogP contribution in [0.4, 0.5) is 0 Å². The van der Waals surface area contributed by atoms with Crippen molar-refractivity contribution in [1.82, 2.24) is 31.1 Å². The number of rotatable bonds is 17. The number of hydrogen-bond acceptors (Lipinski definition) is 14. The zero-order valence-corrected chi connectivity index (χ0v) is 53.3. The van der Waals surface area contributed by atoms with Crippen LogP contribution in [0.25, 0.3) is 12.2 Å². The molecule has 486 valence electrons. The van der Waals surface area contributed by atoms with Crippen molar-refractivity contribution in [2.24, 2.45) is 11.8 Å². The highest BCUT2D eigenvalue weighted by molar-refractivity contribution is 5.95. The molecule has 1 saturated heterocycles. The van der Waals surface area contributed by atoms with Crippen LogP contribution in [0.2, 0.25) is 0 Å². The van der Waals surface area contributed by atoms with Crippen LogP contribution in [0.15, 0.2) is 116 Å². The zero-order valence-electron chi connectivity index (χ0n) is 53.3. The van der Waals surface area contributed by atoms with Crippen LogP contribution in [-0.2, 0) is 54.2 Å². The molecule has 6 N–H and O–H groups in total. The summed E-state index contributed by atoms with van der Waals surface area (Å²) in [7, 11) is 3.12. The van der Waals surface area contributed by atoms with Gasteiger partial charge in [-0.2, -0.15) is 0 Å². The number of amides is 6. The van der Waals surface area contributed by atoms with Crippen molar-refractivity contribution in [1.29, 1.82) is 0 Å². The number of likely N-dealkylation sites (N-methyl/N-ethyl adjacent to an activating group) is 1. The van der Waals surface area contributed by atoms with E-state index in [0.29, 0.717) is 73.1 Å². The van der Waals surface area contributed by atoms with E-state index in [0.717, 1.165) is 11.1 Å². The first-order valence-corrected chi connectivity index (χ1v) is 30.5. The van der Waals surface area contributed by atoms with Crippen LogP contribution in [-0.4, -0.2) is 155 Å². The number of esters is 2. The number of fused-ring (bicyclic) bond motifs is 4. The Morgan fingerprint density at radius 2 is 1.40 bits per heavy atom. The summed E-state index contributed by atoms with van der Waals surface area (Å²) >= 11 is 0. The molecule has 6 atom stereocenters. The predicted molar refractivity (Wildman–Crippen MR) is 340 cm³/mol. The van der Waals surface area contributed by atoms with Gasteiger partial charge >= 0.3 is 17.9 Å². The highest BCUT2D eigenvalue weighted by atomic mass is 16.6. The lowest BCUT2D eigenvalue weighted by molar-refractivity contribution is -0.161. The number of carboxylic acids is 1. The molecule has 2 fully saturated rings. The smallest absolute Gasteiger partial charge is 0.338 e. The highest BCUT2D eigenvalue weighted by Gasteiger charge is 2.46. The lowest BCUT2D eigenvalue weighted by Gasteiger charge is -2.37. The number of nitrogens with one attached hydrogen (secondary N) is 4. The number of carbonyl (C=O) groups is 9. The first kappa shape index (κ1) is 72.1. The molecule has 1 saturated carbocycles. The molecule has 2 heterocycles. The topological polar surface area (TPSA) is 286 Å². The maximum atomic E-state index is 14.9. The van der Waals surface area contributed by atoms with Crippen molar-refractivity contribution in [2.75, 3.05) is 40.4 Å². The number of aliphatic hydroxyl groups excluding tert-OH is 1. The predicted octanol–water partition coefficient (Wildman–Crippen LogP) is 7.65. The second-order valence-corrected chi connectivity index (χ2v) is 24.6. The summed E-state index contributed by atoms with van der Waals surface area (Å²) in [6.07, 6.45) is 4.14. The Morgan fingerprint density at radius 3 is 1.97 bits per heavy atom. The summed E-state index contributed by atoms with van der Waals surface area (Å²) in [5.74, 6) is -5.06. The summed E-state index contributed by atoms with van der Waals surface area (Å²) in [6, 6.07) is 25.3. The lowest BCUT2D eigenvalue weighted by Crippen LogP contribution is -2.59. The van der Waals surface area contributed by atoms with Crippen LogP contribution in [0.1, 0.15) is 149 Å². The van der Waals surface area contributed by atoms with Gasteiger partial charge in [0.05, 0.1) is 55.4 Å². The van der Waals surface area contributed by atoms with Crippen LogP contribution in [0.3, 0.4) is 0 Å². The summed E-state index contributed by atoms with van der Waals surface area (Å²) in [5, 5.41) is 30.7. The fourth-order valence-corrected chi connectivity index (χ4v) is 10.3. The van der Waals surface area contributed by atoms with Crippen LogP contribution in [0.5, 0.6) is 5.75 Å². The fourth-order valence-electron chi connectivity index (χ4n) is 10.3. The van der Waals surface area contributed by atoms with E-state index < -0.39 is 89.6 Å². The minimum absolute atomic E-state index is 0.0218. The van der Waals surface area contributed by atoms with Gasteiger partial charge in [0.25, 0.3) is 5.91 Å². The third kappa shape index (κ3) is 23.0. The van der Waals surface area contributed by atoms with Crippen molar-refractivity contribution in [2.45, 2.75) is 154 Å². The van der Waals surface area contributed by atoms with Gasteiger partial charge in [0.15, 0.2) is 6.10 Å². The number of benzene rings is 4. The second kappa shape index (κ2) is 34.3. The molecular weight excluding hydrogens is 1150 g/mol. The molecule has 0 spiro atoms. The van der Waals surface area contributed by atoms with Crippen molar-refractivity contribution < 1.29 is 72.3 Å². The van der Waals surface area contributed by atoms with Crippen molar-refractivity contribution in [3.63, 3.8) is 0 Å². The van der Waals surface area contributed by atoms with E-state index in [4.69, 9.17) is 24.1 Å². The molecule has 2 aliphatic heterocycles. The van der Waals surface area contributed by atoms with Gasteiger partial charge in [0.2, 0.25) is 29.5 Å². The maximum Gasteiger partial charge on any atom is 0.338 e. The molecule has 3 aliphatic rings. The highest BCUT2D eigenvalue weighted by Crippen LogP contribution is 2.35. The standard InChI is InChI=1S/C47H66N6O11.C13H16O2.C9H8O2/c1-7-13-35(41(56)43(58)48-27-38(55)51-39(44(59)52(5)6)30-15-9-8-10-16-30)49-42(57)36-26-34-28-53(36)45(60)40(31-18-20-32(21-19-31)46(61)64-47(2,3)4)50-37(54)25-29-14-11-17-33(24-29)62-22-12-23-63-34;1-5-10-6-8-11(9-7-10)12(14)15-13(2,3)4;1-2-7-3-5-8(6-4-7)9(10)11/h8-11,14-17,24,31-32,34-36,39-41,56H,7,12-13,18-23,25-28H2,1-6H3,(H,48,58)(H,49,57)(H,50,54)(H,51,55);5-9H,1H2,2-4H3;2-6H,1H2,(H,10,11)/t31?,32?,34?,35?,36?,39-,40-,41?;;/m0../s1. The van der Waals surface area contributed by atoms with E-state index in [1.165, 1.54) is 9.80 Å². The molecule has 0 aromatic heterocycles. The second-order valence-electron chi connectivity index (χ2n) is 24.6. The van der Waals surface area contributed by atoms with Crippen LogP contribution in [0, 0.1) is 11.8 Å². The third-order valence-electron chi connectivity index (χ3n) is 14.9. The van der Waals surface area contributed by atoms with Gasteiger partial charge < -0.3 is 60.2 Å². The fraction of sp³-hybridized carbons (Fsp3) is 0.464. The molecule has 0 radical (unpaired) electrons. The molecule has 6 amide bonds. The van der Waals surface area contributed by atoms with E-state index in [-0.39, 0.29) is 62.1 Å². The Hall–Kier alpha value is -8.69. The number of carboxylic acid groups (broad SMARTS) is 1. The summed E-state index contributed by atoms with van der Waals surface area (Å²) in [5.41, 5.74) is 2.92. The third-order valence-corrected chi connectivity index (χ3v) is 14.9. The molecular formula is C69H90N6O15. The van der Waals surface area contributed by atoms with Gasteiger partial charge in [-0.15, -0.1) is 0 Å². The van der Waals surface area contributed by atoms with E-state index in [1.807, 2.05) is 60.6 Å². The van der Waals surface area contributed by atoms with Gasteiger partial charge in [-0.05, 0) is 138 Å². The Labute approximate surface area is 528 Å². The van der Waals surface area contributed by atoms with E-state index >= 15 is 0 Å². The molecule has 7 rings (SSSR count). The summed E-state index contributed by atoms with van der Waals surface area (Å²) in [4.78, 5) is 120. The quantitative estimate of drug-likeness (QED) is 0.0554. The van der Waals surface area contributed by atoms with Crippen molar-refractivity contribution in [3.05, 3.63) is 150 Å². The Balaban J connectivity index is 0.000000463. The largest absolute Gasteiger partial charge is 0.493 e. The molecule has 1 aliphatic carbocycles. The van der Waals surface area contributed by atoms with Crippen LogP contribution < -0.4 is 26.0 Å². The molecule has 4 aromatic rings. The zero-order chi connectivity index (χ0) is 66.3. The minimum atomic E-state index is -1.78. The van der Waals surface area contributed by atoms with E-state index in [1.54, 1.807) is 117 Å². The summed E-state index contributed by atoms with van der Waals surface area (Å²) in [6.45, 7) is 20.1. The van der Waals surface area contributed by atoms with Crippen molar-refractivity contribution in [3.8, 4) is 5.75 Å². The Morgan fingerprint density at radius 1 is 0.789 bits per heavy atom. The van der Waals surface area contributed by atoms with Gasteiger partial charge in [-0.25, -0.2) is 9.59 Å². The average molecular weight is 1240 g/mol. The summed E-state index contributed by atoms with van der Waals surface area (Å²) < 4.78 is 23.0. The number of hydrogen-bond donors (Lipinski definition) is 6. The van der Waals surface area contributed by atoms with Crippen molar-refractivity contribution >= 4 is 65.5 Å². The van der Waals surface area contributed by atoms with Gasteiger partial charge in [0, 0.05) is 33.5 Å². The van der Waals surface area contributed by atoms with Crippen LogP contribution >= 0.6 is 0 Å². The number of aliphatic hydroxyl groups is 1. The molecule has 90 heavy (non-hydrogen) atoms. The molecule has 21 heteroatoms. The first-order chi connectivity index (χ1) is 42.6. The van der Waals surface area contributed by atoms with E-state index in [9.17, 15) is 48.3 Å². The molecule has 4 unspecified atom stereocenters.